The van der Waals surface area contributed by atoms with Crippen LogP contribution in [-0.2, 0) is 14.8 Å². The Morgan fingerprint density at radius 3 is 2.64 bits per heavy atom. The van der Waals surface area contributed by atoms with Gasteiger partial charge in [0.1, 0.15) is 13.1 Å². The van der Waals surface area contributed by atoms with Gasteiger partial charge in [-0.3, -0.25) is 9.52 Å². The van der Waals surface area contributed by atoms with E-state index in [1.54, 1.807) is 24.3 Å². The van der Waals surface area contributed by atoms with Gasteiger partial charge in [0, 0.05) is 0 Å². The number of morpholine rings is 1. The van der Waals surface area contributed by atoms with Crippen LogP contribution in [0.3, 0.4) is 0 Å². The van der Waals surface area contributed by atoms with E-state index in [9.17, 15) is 13.2 Å². The maximum absolute atomic E-state index is 12.2. The minimum absolute atomic E-state index is 0.278. The molecule has 1 saturated heterocycles. The predicted molar refractivity (Wildman–Crippen MR) is 83.6 cm³/mol. The van der Waals surface area contributed by atoms with Gasteiger partial charge in [-0.2, -0.15) is 0 Å². The van der Waals surface area contributed by atoms with Gasteiger partial charge in [0.2, 0.25) is 10.0 Å². The number of benzene rings is 1. The standard InChI is InChI=1S/C14H21N3O4S/c1-22(19,20)16-13-5-3-2-4-12(13)14(18)15-6-7-17-8-10-21-11-9-17/h2-5,16H,6-11H2,1H3,(H,15,18)/p+1. The SMILES string of the molecule is CS(=O)(=O)Nc1ccccc1C(=O)NCC[NH+]1CCOCC1. The molecule has 1 amide bonds. The third-order valence-corrected chi connectivity index (χ3v) is 4.02. The summed E-state index contributed by atoms with van der Waals surface area (Å²) in [4.78, 5) is 13.6. The van der Waals surface area contributed by atoms with Crippen LogP contribution in [0.2, 0.25) is 0 Å². The van der Waals surface area contributed by atoms with Gasteiger partial charge in [-0.1, -0.05) is 12.1 Å². The second kappa shape index (κ2) is 7.57. The second-order valence-electron chi connectivity index (χ2n) is 5.29. The zero-order valence-electron chi connectivity index (χ0n) is 12.6. The van der Waals surface area contributed by atoms with Gasteiger partial charge in [0.25, 0.3) is 5.91 Å². The largest absolute Gasteiger partial charge is 0.370 e. The Kier molecular flexibility index (Phi) is 5.76. The molecule has 1 heterocycles. The molecule has 1 aromatic carbocycles. The molecule has 22 heavy (non-hydrogen) atoms. The van der Waals surface area contributed by atoms with Crippen LogP contribution in [0.25, 0.3) is 0 Å². The summed E-state index contributed by atoms with van der Waals surface area (Å²) in [5.74, 6) is -0.278. The number of carbonyl (C=O) groups is 1. The first kappa shape index (κ1) is 16.7. The van der Waals surface area contributed by atoms with Gasteiger partial charge in [-0.05, 0) is 12.1 Å². The average molecular weight is 328 g/mol. The van der Waals surface area contributed by atoms with E-state index in [0.717, 1.165) is 39.1 Å². The minimum atomic E-state index is -3.42. The minimum Gasteiger partial charge on any atom is -0.370 e. The Bertz CT molecular complexity index is 612. The lowest BCUT2D eigenvalue weighted by Gasteiger charge is -2.23. The molecule has 0 aromatic heterocycles. The van der Waals surface area contributed by atoms with Crippen molar-refractivity contribution in [3.63, 3.8) is 0 Å². The Balaban J connectivity index is 1.91. The average Bonchev–Trinajstić information content (AvgIpc) is 2.47. The summed E-state index contributed by atoms with van der Waals surface area (Å²) in [7, 11) is -3.42. The van der Waals surface area contributed by atoms with E-state index in [4.69, 9.17) is 4.74 Å². The monoisotopic (exact) mass is 328 g/mol. The van der Waals surface area contributed by atoms with E-state index in [1.165, 1.54) is 4.90 Å². The predicted octanol–water partition coefficient (Wildman–Crippen LogP) is -1.30. The molecule has 1 aliphatic heterocycles. The zero-order valence-corrected chi connectivity index (χ0v) is 13.4. The van der Waals surface area contributed by atoms with E-state index in [2.05, 4.69) is 10.0 Å². The van der Waals surface area contributed by atoms with E-state index >= 15 is 0 Å². The lowest BCUT2D eigenvalue weighted by atomic mass is 10.1. The molecule has 122 valence electrons. The molecular formula is C14H22N3O4S+. The first-order valence-corrected chi connectivity index (χ1v) is 9.11. The van der Waals surface area contributed by atoms with Crippen molar-refractivity contribution in [2.24, 2.45) is 0 Å². The van der Waals surface area contributed by atoms with Crippen LogP contribution < -0.4 is 14.9 Å². The normalized spacial score (nSPS) is 16.2. The summed E-state index contributed by atoms with van der Waals surface area (Å²) >= 11 is 0. The third kappa shape index (κ3) is 5.28. The number of nitrogens with one attached hydrogen (secondary N) is 3. The van der Waals surface area contributed by atoms with Crippen molar-refractivity contribution in [3.05, 3.63) is 29.8 Å². The van der Waals surface area contributed by atoms with Gasteiger partial charge in [0.15, 0.2) is 0 Å². The number of rotatable bonds is 6. The molecule has 1 fully saturated rings. The molecule has 0 spiro atoms. The molecule has 2 rings (SSSR count). The van der Waals surface area contributed by atoms with Crippen molar-refractivity contribution in [2.75, 3.05) is 50.4 Å². The summed E-state index contributed by atoms with van der Waals surface area (Å²) < 4.78 is 30.3. The molecule has 0 aliphatic carbocycles. The number of para-hydroxylation sites is 1. The number of quaternary nitrogens is 1. The smallest absolute Gasteiger partial charge is 0.253 e. The number of hydrogen-bond donors (Lipinski definition) is 3. The van der Waals surface area contributed by atoms with Crippen LogP contribution in [0.15, 0.2) is 24.3 Å². The summed E-state index contributed by atoms with van der Waals surface area (Å²) in [5, 5.41) is 2.84. The maximum atomic E-state index is 12.2. The number of ether oxygens (including phenoxy) is 1. The van der Waals surface area contributed by atoms with Crippen LogP contribution in [0.1, 0.15) is 10.4 Å². The van der Waals surface area contributed by atoms with Crippen molar-refractivity contribution in [3.8, 4) is 0 Å². The quantitative estimate of drug-likeness (QED) is 0.606. The molecule has 8 heteroatoms. The summed E-state index contributed by atoms with van der Waals surface area (Å²) in [6.07, 6.45) is 1.06. The fourth-order valence-corrected chi connectivity index (χ4v) is 2.91. The number of amides is 1. The molecule has 0 radical (unpaired) electrons. The number of carbonyl (C=O) groups excluding carboxylic acids is 1. The van der Waals surface area contributed by atoms with Gasteiger partial charge in [-0.15, -0.1) is 0 Å². The lowest BCUT2D eigenvalue weighted by Crippen LogP contribution is -3.14. The van der Waals surface area contributed by atoms with E-state index in [1.807, 2.05) is 0 Å². The van der Waals surface area contributed by atoms with Crippen LogP contribution in [0, 0.1) is 0 Å². The molecular weight excluding hydrogens is 306 g/mol. The van der Waals surface area contributed by atoms with Gasteiger partial charge >= 0.3 is 0 Å². The first-order valence-electron chi connectivity index (χ1n) is 7.22. The highest BCUT2D eigenvalue weighted by molar-refractivity contribution is 7.92. The van der Waals surface area contributed by atoms with Crippen molar-refractivity contribution >= 4 is 21.6 Å². The third-order valence-electron chi connectivity index (χ3n) is 3.43. The van der Waals surface area contributed by atoms with Gasteiger partial charge in [0.05, 0.1) is 43.8 Å². The second-order valence-corrected chi connectivity index (χ2v) is 7.04. The summed E-state index contributed by atoms with van der Waals surface area (Å²) in [6.45, 7) is 4.77. The highest BCUT2D eigenvalue weighted by Gasteiger charge is 2.16. The highest BCUT2D eigenvalue weighted by atomic mass is 32.2. The van der Waals surface area contributed by atoms with Crippen molar-refractivity contribution in [1.29, 1.82) is 0 Å². The van der Waals surface area contributed by atoms with Crippen LogP contribution in [0.4, 0.5) is 5.69 Å². The number of sulfonamides is 1. The Morgan fingerprint density at radius 1 is 1.27 bits per heavy atom. The fraction of sp³-hybridized carbons (Fsp3) is 0.500. The molecule has 7 nitrogen and oxygen atoms in total. The molecule has 1 aromatic rings. The zero-order chi connectivity index (χ0) is 16.0. The molecule has 0 unspecified atom stereocenters. The van der Waals surface area contributed by atoms with Crippen LogP contribution in [0.5, 0.6) is 0 Å². The fourth-order valence-electron chi connectivity index (χ4n) is 2.33. The molecule has 3 N–H and O–H groups in total. The maximum Gasteiger partial charge on any atom is 0.253 e. The Hall–Kier alpha value is -1.64. The first-order chi connectivity index (χ1) is 10.5. The molecule has 1 aliphatic rings. The van der Waals surface area contributed by atoms with E-state index in [0.29, 0.717) is 17.8 Å². The topological polar surface area (TPSA) is 88.9 Å². The summed E-state index contributed by atoms with van der Waals surface area (Å²) in [5.41, 5.74) is 0.617. The molecule has 0 bridgehead atoms. The Labute approximate surface area is 130 Å². The van der Waals surface area contributed by atoms with Crippen molar-refractivity contribution < 1.29 is 22.8 Å². The van der Waals surface area contributed by atoms with Crippen LogP contribution in [-0.4, -0.2) is 60.0 Å². The Morgan fingerprint density at radius 2 is 1.95 bits per heavy atom. The lowest BCUT2D eigenvalue weighted by molar-refractivity contribution is -0.906. The van der Waals surface area contributed by atoms with Crippen LogP contribution >= 0.6 is 0 Å². The molecule has 0 atom stereocenters. The highest BCUT2D eigenvalue weighted by Crippen LogP contribution is 2.15. The van der Waals surface area contributed by atoms with Gasteiger partial charge < -0.3 is 15.0 Å². The van der Waals surface area contributed by atoms with Gasteiger partial charge in [-0.25, -0.2) is 8.42 Å². The van der Waals surface area contributed by atoms with Crippen molar-refractivity contribution in [2.45, 2.75) is 0 Å². The molecule has 0 saturated carbocycles. The number of hydrogen-bond acceptors (Lipinski definition) is 4. The summed E-state index contributed by atoms with van der Waals surface area (Å²) in [6, 6.07) is 6.56. The van der Waals surface area contributed by atoms with Crippen molar-refractivity contribution in [1.82, 2.24) is 5.32 Å². The number of anilines is 1. The van der Waals surface area contributed by atoms with E-state index < -0.39 is 10.0 Å². The van der Waals surface area contributed by atoms with E-state index in [-0.39, 0.29) is 5.91 Å².